The Labute approximate surface area is 180 Å². The zero-order valence-corrected chi connectivity index (χ0v) is 17.4. The minimum Gasteiger partial charge on any atom is -0.336 e. The van der Waals surface area contributed by atoms with Gasteiger partial charge in [-0.25, -0.2) is 4.79 Å². The molecule has 0 saturated carbocycles. The number of fused-ring (bicyclic) bond motifs is 1. The predicted molar refractivity (Wildman–Crippen MR) is 119 cm³/mol. The first-order valence-electron chi connectivity index (χ1n) is 9.99. The first-order valence-corrected chi connectivity index (χ1v) is 9.99. The van der Waals surface area contributed by atoms with E-state index >= 15 is 0 Å². The number of urea groups is 1. The summed E-state index contributed by atoms with van der Waals surface area (Å²) in [5.41, 5.74) is 2.05. The van der Waals surface area contributed by atoms with Crippen molar-refractivity contribution in [3.8, 4) is 0 Å². The van der Waals surface area contributed by atoms with E-state index in [0.717, 1.165) is 0 Å². The molecule has 162 valence electrons. The Morgan fingerprint density at radius 3 is 2.32 bits per heavy atom. The lowest BCUT2D eigenvalue weighted by atomic mass is 10.1. The number of hydrogen-bond donors (Lipinski definition) is 4. The molecule has 0 unspecified atom stereocenters. The summed E-state index contributed by atoms with van der Waals surface area (Å²) in [7, 11) is 0. The Bertz CT molecular complexity index is 1000. The molecule has 4 N–H and O–H groups in total. The standard InChI is InChI=1S/C22H25N5O4/c1-14(2)23-22(31)26-16-8-4-3-7-15(16)24-19(28)11-12-21(30)27-13-20(29)25-17-9-5-6-10-18(17)27/h3-10,14H,11-13H2,1-2H3,(H,24,28)(H,25,29)(H2,23,26,31). The Morgan fingerprint density at radius 1 is 0.968 bits per heavy atom. The van der Waals surface area contributed by atoms with Crippen LogP contribution in [0, 0.1) is 0 Å². The molecule has 0 radical (unpaired) electrons. The number of benzene rings is 2. The molecule has 0 bridgehead atoms. The van der Waals surface area contributed by atoms with Crippen molar-refractivity contribution >= 4 is 46.5 Å². The van der Waals surface area contributed by atoms with Crippen LogP contribution in [0.25, 0.3) is 0 Å². The number of hydrogen-bond acceptors (Lipinski definition) is 4. The van der Waals surface area contributed by atoms with Gasteiger partial charge in [-0.15, -0.1) is 0 Å². The molecule has 0 atom stereocenters. The molecule has 3 rings (SSSR count). The van der Waals surface area contributed by atoms with E-state index in [1.807, 2.05) is 13.8 Å². The maximum atomic E-state index is 12.7. The summed E-state index contributed by atoms with van der Waals surface area (Å²) in [5.74, 6) is -0.974. The lowest BCUT2D eigenvalue weighted by Crippen LogP contribution is -2.42. The zero-order chi connectivity index (χ0) is 22.4. The zero-order valence-electron chi connectivity index (χ0n) is 17.4. The lowest BCUT2D eigenvalue weighted by Gasteiger charge is -2.29. The summed E-state index contributed by atoms with van der Waals surface area (Å²) in [4.78, 5) is 50.3. The molecule has 0 aromatic heterocycles. The number of nitrogens with zero attached hydrogens (tertiary/aromatic N) is 1. The van der Waals surface area contributed by atoms with Gasteiger partial charge < -0.3 is 26.2 Å². The molecule has 9 nitrogen and oxygen atoms in total. The summed E-state index contributed by atoms with van der Waals surface area (Å²) in [5, 5.41) is 10.9. The molecule has 31 heavy (non-hydrogen) atoms. The number of carbonyl (C=O) groups excluding carboxylic acids is 4. The van der Waals surface area contributed by atoms with Crippen molar-refractivity contribution in [1.29, 1.82) is 0 Å². The van der Waals surface area contributed by atoms with Crippen LogP contribution < -0.4 is 26.2 Å². The van der Waals surface area contributed by atoms with Crippen LogP contribution in [0.3, 0.4) is 0 Å². The van der Waals surface area contributed by atoms with Crippen LogP contribution in [0.4, 0.5) is 27.5 Å². The van der Waals surface area contributed by atoms with Gasteiger partial charge in [0.1, 0.15) is 6.54 Å². The first-order chi connectivity index (χ1) is 14.8. The molecule has 0 aliphatic carbocycles. The average Bonchev–Trinajstić information content (AvgIpc) is 2.72. The van der Waals surface area contributed by atoms with Crippen molar-refractivity contribution in [3.05, 3.63) is 48.5 Å². The highest BCUT2D eigenvalue weighted by molar-refractivity contribution is 6.10. The van der Waals surface area contributed by atoms with Crippen LogP contribution in [0.2, 0.25) is 0 Å². The van der Waals surface area contributed by atoms with E-state index < -0.39 is 0 Å². The van der Waals surface area contributed by atoms with Gasteiger partial charge in [0, 0.05) is 18.9 Å². The Kier molecular flexibility index (Phi) is 6.86. The largest absolute Gasteiger partial charge is 0.336 e. The fourth-order valence-electron chi connectivity index (χ4n) is 3.15. The Morgan fingerprint density at radius 2 is 1.61 bits per heavy atom. The lowest BCUT2D eigenvalue weighted by molar-refractivity contribution is -0.124. The van der Waals surface area contributed by atoms with Crippen molar-refractivity contribution < 1.29 is 19.2 Å². The van der Waals surface area contributed by atoms with Gasteiger partial charge in [0.05, 0.1) is 22.7 Å². The summed E-state index contributed by atoms with van der Waals surface area (Å²) < 4.78 is 0. The van der Waals surface area contributed by atoms with Crippen molar-refractivity contribution in [2.24, 2.45) is 0 Å². The number of anilines is 4. The van der Waals surface area contributed by atoms with Gasteiger partial charge in [-0.2, -0.15) is 0 Å². The highest BCUT2D eigenvalue weighted by Gasteiger charge is 2.26. The Balaban J connectivity index is 1.59. The molecule has 1 aliphatic heterocycles. The maximum absolute atomic E-state index is 12.7. The number of rotatable bonds is 6. The van der Waals surface area contributed by atoms with Crippen molar-refractivity contribution in [2.45, 2.75) is 32.7 Å². The molecule has 0 saturated heterocycles. The molecular weight excluding hydrogens is 398 g/mol. The van der Waals surface area contributed by atoms with E-state index in [4.69, 9.17) is 0 Å². The number of nitrogens with one attached hydrogen (secondary N) is 4. The van der Waals surface area contributed by atoms with Crippen molar-refractivity contribution in [3.63, 3.8) is 0 Å². The number of carbonyl (C=O) groups is 4. The van der Waals surface area contributed by atoms with Gasteiger partial charge >= 0.3 is 6.03 Å². The minimum absolute atomic E-state index is 0.0326. The minimum atomic E-state index is -0.381. The molecule has 2 aromatic carbocycles. The Hall–Kier alpha value is -3.88. The molecule has 0 fully saturated rings. The summed E-state index contributed by atoms with van der Waals surface area (Å²) in [6.07, 6.45) is -0.122. The van der Waals surface area contributed by atoms with E-state index in [9.17, 15) is 19.2 Å². The second-order valence-electron chi connectivity index (χ2n) is 7.39. The van der Waals surface area contributed by atoms with Gasteiger partial charge in [0.2, 0.25) is 17.7 Å². The summed E-state index contributed by atoms with van der Waals surface area (Å²) in [6, 6.07) is 13.4. The number of para-hydroxylation sites is 4. The van der Waals surface area contributed by atoms with Crippen molar-refractivity contribution in [2.75, 3.05) is 27.4 Å². The third-order valence-corrected chi connectivity index (χ3v) is 4.51. The molecule has 1 aliphatic rings. The van der Waals surface area contributed by atoms with Gasteiger partial charge in [-0.05, 0) is 38.1 Å². The van der Waals surface area contributed by atoms with Crippen LogP contribution in [-0.2, 0) is 14.4 Å². The molecule has 2 aromatic rings. The summed E-state index contributed by atoms with van der Waals surface area (Å²) >= 11 is 0. The average molecular weight is 423 g/mol. The molecule has 9 heteroatoms. The van der Waals surface area contributed by atoms with Gasteiger partial charge in [-0.3, -0.25) is 14.4 Å². The highest BCUT2D eigenvalue weighted by Crippen LogP contribution is 2.29. The normalized spacial score (nSPS) is 12.6. The van der Waals surface area contributed by atoms with Crippen LogP contribution >= 0.6 is 0 Å². The topological polar surface area (TPSA) is 120 Å². The van der Waals surface area contributed by atoms with Gasteiger partial charge in [0.15, 0.2) is 0 Å². The van der Waals surface area contributed by atoms with Crippen LogP contribution in [-0.4, -0.2) is 36.3 Å². The summed E-state index contributed by atoms with van der Waals surface area (Å²) in [6.45, 7) is 3.60. The molecule has 5 amide bonds. The third kappa shape index (κ3) is 5.81. The highest BCUT2D eigenvalue weighted by atomic mass is 16.2. The predicted octanol–water partition coefficient (Wildman–Crippen LogP) is 2.92. The number of amides is 5. The van der Waals surface area contributed by atoms with Gasteiger partial charge in [-0.1, -0.05) is 24.3 Å². The molecular formula is C22H25N5O4. The monoisotopic (exact) mass is 423 g/mol. The quantitative estimate of drug-likeness (QED) is 0.571. The molecule has 1 heterocycles. The van der Waals surface area contributed by atoms with E-state index in [0.29, 0.717) is 22.7 Å². The smallest absolute Gasteiger partial charge is 0.319 e. The van der Waals surface area contributed by atoms with Crippen molar-refractivity contribution in [1.82, 2.24) is 5.32 Å². The van der Waals surface area contributed by atoms with Gasteiger partial charge in [0.25, 0.3) is 0 Å². The fraction of sp³-hybridized carbons (Fsp3) is 0.273. The maximum Gasteiger partial charge on any atom is 0.319 e. The SMILES string of the molecule is CC(C)NC(=O)Nc1ccccc1NC(=O)CCC(=O)N1CC(=O)Nc2ccccc21. The van der Waals surface area contributed by atoms with Crippen LogP contribution in [0.1, 0.15) is 26.7 Å². The second kappa shape index (κ2) is 9.75. The first kappa shape index (κ1) is 21.8. The third-order valence-electron chi connectivity index (χ3n) is 4.51. The van der Waals surface area contributed by atoms with Crippen LogP contribution in [0.15, 0.2) is 48.5 Å². The fourth-order valence-corrected chi connectivity index (χ4v) is 3.15. The van der Waals surface area contributed by atoms with E-state index in [1.165, 1.54) is 4.90 Å². The second-order valence-corrected chi connectivity index (χ2v) is 7.39. The van der Waals surface area contributed by atoms with Crippen LogP contribution in [0.5, 0.6) is 0 Å². The van der Waals surface area contributed by atoms with E-state index in [-0.39, 0.29) is 49.2 Å². The molecule has 0 spiro atoms. The van der Waals surface area contributed by atoms with E-state index in [2.05, 4.69) is 21.3 Å². The van der Waals surface area contributed by atoms with E-state index in [1.54, 1.807) is 48.5 Å².